The molecule has 0 amide bonds. The van der Waals surface area contributed by atoms with Gasteiger partial charge in [-0.1, -0.05) is 205 Å². The summed E-state index contributed by atoms with van der Waals surface area (Å²) in [5.41, 5.74) is 28.2. The Morgan fingerprint density at radius 2 is 0.863 bits per heavy atom. The van der Waals surface area contributed by atoms with Crippen molar-refractivity contribution in [3.8, 4) is 22.3 Å². The Hall–Kier alpha value is -6.78. The van der Waals surface area contributed by atoms with Crippen LogP contribution in [0.4, 0.5) is 45.5 Å². The average Bonchev–Trinajstić information content (AvgIpc) is 3.39. The van der Waals surface area contributed by atoms with Crippen LogP contribution in [-0.2, 0) is 32.5 Å². The molecule has 0 N–H and O–H groups in total. The topological polar surface area (TPSA) is 9.72 Å². The fourth-order valence-corrected chi connectivity index (χ4v) is 16.3. The van der Waals surface area contributed by atoms with E-state index in [0.29, 0.717) is 0 Å². The van der Waals surface area contributed by atoms with Crippen molar-refractivity contribution in [2.45, 2.75) is 179 Å². The summed E-state index contributed by atoms with van der Waals surface area (Å²) in [6.45, 7) is 32.3. The average molecular weight is 1050 g/mol. The van der Waals surface area contributed by atoms with Crippen molar-refractivity contribution in [2.24, 2.45) is 0 Å². The summed E-state index contributed by atoms with van der Waals surface area (Å²) in [4.78, 5) is 8.29. The number of rotatable bonds is 5. The largest absolute Gasteiger partial charge is 0.334 e. The zero-order chi connectivity index (χ0) is 55.7. The minimum atomic E-state index is -0.155. The Morgan fingerprint density at radius 1 is 0.362 bits per heavy atom. The molecule has 0 aromatic heterocycles. The van der Waals surface area contributed by atoms with Crippen molar-refractivity contribution >= 4 is 68.6 Å². The number of nitrogens with zero attached hydrogens (tertiary/aromatic N) is 3. The number of benzene rings is 8. The predicted octanol–water partition coefficient (Wildman–Crippen LogP) is 18.8. The van der Waals surface area contributed by atoms with E-state index in [-0.39, 0.29) is 44.7 Å². The highest BCUT2D eigenvalue weighted by Crippen LogP contribution is 2.63. The van der Waals surface area contributed by atoms with Crippen LogP contribution in [0.5, 0.6) is 0 Å². The maximum atomic E-state index is 2.86. The molecule has 3 heterocycles. The van der Waals surface area contributed by atoms with E-state index in [1.165, 1.54) is 143 Å². The van der Waals surface area contributed by atoms with Gasteiger partial charge in [-0.05, 0) is 199 Å². The van der Waals surface area contributed by atoms with E-state index in [1.807, 2.05) is 0 Å². The maximum Gasteiger partial charge on any atom is 0.252 e. The lowest BCUT2D eigenvalue weighted by molar-refractivity contribution is 0.195. The van der Waals surface area contributed by atoms with Gasteiger partial charge in [0.15, 0.2) is 0 Å². The first-order chi connectivity index (χ1) is 38.0. The molecule has 80 heavy (non-hydrogen) atoms. The minimum Gasteiger partial charge on any atom is -0.334 e. The molecule has 0 spiro atoms. The molecular weight excluding hydrogens is 966 g/mol. The summed E-state index contributed by atoms with van der Waals surface area (Å²) in [5, 5.41) is 0. The first-order valence-corrected chi connectivity index (χ1v) is 30.4. The fraction of sp³-hybridized carbons (Fsp3) is 0.368. The van der Waals surface area contributed by atoms with Crippen LogP contribution < -0.4 is 31.1 Å². The highest BCUT2D eigenvalue weighted by atomic mass is 15.3. The lowest BCUT2D eigenvalue weighted by atomic mass is 9.33. The number of hydrogen-bond acceptors (Lipinski definition) is 3. The van der Waals surface area contributed by atoms with Crippen molar-refractivity contribution in [2.75, 3.05) is 14.7 Å². The van der Waals surface area contributed by atoms with Gasteiger partial charge in [0.1, 0.15) is 0 Å². The van der Waals surface area contributed by atoms with Crippen LogP contribution >= 0.6 is 0 Å². The van der Waals surface area contributed by atoms with Crippen LogP contribution in [0.3, 0.4) is 0 Å². The molecule has 4 heteroatoms. The first-order valence-electron chi connectivity index (χ1n) is 30.4. The summed E-state index contributed by atoms with van der Waals surface area (Å²) in [5.74, 6) is 0. The zero-order valence-corrected chi connectivity index (χ0v) is 50.2. The Morgan fingerprint density at radius 3 is 1.49 bits per heavy atom. The molecule has 8 aromatic rings. The molecule has 0 bridgehead atoms. The molecule has 1 fully saturated rings. The smallest absolute Gasteiger partial charge is 0.252 e. The van der Waals surface area contributed by atoms with Crippen LogP contribution in [0.25, 0.3) is 22.3 Å². The molecular formula is C76H82BN3. The number of hydrogen-bond donors (Lipinski definition) is 0. The summed E-state index contributed by atoms with van der Waals surface area (Å²) in [7, 11) is 0. The van der Waals surface area contributed by atoms with E-state index in [4.69, 9.17) is 0 Å². The first kappa shape index (κ1) is 51.4. The molecule has 3 aliphatic carbocycles. The van der Waals surface area contributed by atoms with Gasteiger partial charge < -0.3 is 14.7 Å². The monoisotopic (exact) mass is 1050 g/mol. The molecule has 0 radical (unpaired) electrons. The zero-order valence-electron chi connectivity index (χ0n) is 50.2. The van der Waals surface area contributed by atoms with E-state index in [9.17, 15) is 0 Å². The van der Waals surface area contributed by atoms with Gasteiger partial charge in [0.05, 0.1) is 5.54 Å². The van der Waals surface area contributed by atoms with Gasteiger partial charge >= 0.3 is 0 Å². The summed E-state index contributed by atoms with van der Waals surface area (Å²) < 4.78 is 0. The van der Waals surface area contributed by atoms with Crippen molar-refractivity contribution in [1.29, 1.82) is 0 Å². The summed E-state index contributed by atoms with van der Waals surface area (Å²) >= 11 is 0. The Balaban J connectivity index is 1.12. The van der Waals surface area contributed by atoms with E-state index in [0.717, 1.165) is 25.7 Å². The van der Waals surface area contributed by atoms with Gasteiger partial charge in [0, 0.05) is 50.9 Å². The second kappa shape index (κ2) is 17.4. The predicted molar refractivity (Wildman–Crippen MR) is 343 cm³/mol. The lowest BCUT2D eigenvalue weighted by Gasteiger charge is -2.51. The van der Waals surface area contributed by atoms with Crippen LogP contribution in [-0.4, -0.2) is 12.3 Å². The van der Waals surface area contributed by atoms with E-state index >= 15 is 0 Å². The molecule has 404 valence electrons. The standard InChI is InChI=1S/C76H82BN3/c1-70(2,3)53-29-35-64-61(43-53)75(12)36-20-21-37-76(75,13)80(64)56-45-67-69-68(46-56)79(55-32-33-57-58(44-55)72(6,7)39-38-71(57,4)5)66-48-60-59(73(8,9)40-41-74(60,10)11)47-63(66)77(69)62-42-52(50-24-18-15-19-25-50)28-34-65(62)78(67)54-30-26-51(27-31-54)49-22-16-14-17-23-49/h14-19,22-35,42-48H,20-21,36-41H2,1-13H3. The molecule has 2 unspecified atom stereocenters. The summed E-state index contributed by atoms with van der Waals surface area (Å²) in [6.07, 6.45) is 9.45. The van der Waals surface area contributed by atoms with Crippen molar-refractivity contribution in [3.05, 3.63) is 197 Å². The van der Waals surface area contributed by atoms with Gasteiger partial charge in [-0.25, -0.2) is 0 Å². The normalized spacial score (nSPS) is 22.3. The van der Waals surface area contributed by atoms with Gasteiger partial charge in [0.25, 0.3) is 6.71 Å². The van der Waals surface area contributed by atoms with Crippen molar-refractivity contribution in [3.63, 3.8) is 0 Å². The van der Waals surface area contributed by atoms with Crippen molar-refractivity contribution in [1.82, 2.24) is 0 Å². The van der Waals surface area contributed by atoms with Crippen LogP contribution in [0.2, 0.25) is 0 Å². The quantitative estimate of drug-likeness (QED) is 0.159. The second-order valence-corrected chi connectivity index (χ2v) is 29.4. The molecule has 6 aliphatic rings. The fourth-order valence-electron chi connectivity index (χ4n) is 16.3. The molecule has 1 saturated carbocycles. The van der Waals surface area contributed by atoms with Crippen LogP contribution in [0, 0.1) is 0 Å². The number of fused-ring (bicyclic) bond motifs is 9. The molecule has 8 aromatic carbocycles. The van der Waals surface area contributed by atoms with E-state index < -0.39 is 0 Å². The lowest BCUT2D eigenvalue weighted by Crippen LogP contribution is -2.62. The maximum absolute atomic E-state index is 2.86. The number of anilines is 8. The molecule has 2 atom stereocenters. The molecule has 3 aliphatic heterocycles. The minimum absolute atomic E-state index is 0.0135. The third-order valence-corrected chi connectivity index (χ3v) is 21.7. The van der Waals surface area contributed by atoms with E-state index in [1.54, 1.807) is 0 Å². The third-order valence-electron chi connectivity index (χ3n) is 21.7. The van der Waals surface area contributed by atoms with Crippen LogP contribution in [0.1, 0.15) is 175 Å². The molecule has 0 saturated heterocycles. The SMILES string of the molecule is CC(C)(C)c1ccc2c(c1)C1(C)CCCCC1(C)N2c1cc2c3c(c1)N(c1ccc4c(c1)C(C)(C)CCC4(C)C)c1cc4c(cc1B3c1cc(-c3ccccc3)ccc1N2c1ccc(-c2ccccc2)cc1)C(C)(C)CCC4(C)C. The highest BCUT2D eigenvalue weighted by Gasteiger charge is 2.58. The van der Waals surface area contributed by atoms with E-state index in [2.05, 4.69) is 269 Å². The highest BCUT2D eigenvalue weighted by molar-refractivity contribution is 7.00. The second-order valence-electron chi connectivity index (χ2n) is 29.4. The van der Waals surface area contributed by atoms with Crippen LogP contribution in [0.15, 0.2) is 164 Å². The Bertz CT molecular complexity index is 3820. The van der Waals surface area contributed by atoms with Gasteiger partial charge in [-0.15, -0.1) is 0 Å². The Labute approximate surface area is 479 Å². The van der Waals surface area contributed by atoms with Gasteiger partial charge in [-0.3, -0.25) is 0 Å². The third kappa shape index (κ3) is 7.51. The summed E-state index contributed by atoms with van der Waals surface area (Å²) in [6, 6.07) is 64.8. The van der Waals surface area contributed by atoms with Crippen molar-refractivity contribution < 1.29 is 0 Å². The molecule has 3 nitrogen and oxygen atoms in total. The Kier molecular flexibility index (Phi) is 11.2. The molecule has 14 rings (SSSR count). The van der Waals surface area contributed by atoms with Gasteiger partial charge in [-0.2, -0.15) is 0 Å². The van der Waals surface area contributed by atoms with Gasteiger partial charge in [0.2, 0.25) is 0 Å².